The van der Waals surface area contributed by atoms with Crippen molar-refractivity contribution in [2.24, 2.45) is 0 Å². The Bertz CT molecular complexity index is 495. The Morgan fingerprint density at radius 2 is 2.05 bits per heavy atom. The van der Waals surface area contributed by atoms with E-state index in [0.717, 1.165) is 31.5 Å². The number of piperidine rings is 1. The molecule has 3 nitrogen and oxygen atoms in total. The molecule has 4 heteroatoms. The van der Waals surface area contributed by atoms with E-state index in [-0.39, 0.29) is 5.91 Å². The third-order valence-electron chi connectivity index (χ3n) is 4.44. The van der Waals surface area contributed by atoms with Gasteiger partial charge in [0.2, 0.25) is 5.91 Å². The summed E-state index contributed by atoms with van der Waals surface area (Å²) in [5.74, 6) is 0.220. The predicted molar refractivity (Wildman–Crippen MR) is 85.5 cm³/mol. The van der Waals surface area contributed by atoms with Gasteiger partial charge >= 0.3 is 0 Å². The van der Waals surface area contributed by atoms with E-state index in [1.165, 1.54) is 19.3 Å². The van der Waals surface area contributed by atoms with Gasteiger partial charge in [0.15, 0.2) is 0 Å². The van der Waals surface area contributed by atoms with Crippen LogP contribution in [0.15, 0.2) is 24.3 Å². The van der Waals surface area contributed by atoms with E-state index in [2.05, 4.69) is 10.2 Å². The van der Waals surface area contributed by atoms with Crippen molar-refractivity contribution in [3.8, 4) is 0 Å². The molecule has 1 saturated carbocycles. The average Bonchev–Trinajstić information content (AvgIpc) is 3.33. The molecule has 0 aromatic heterocycles. The lowest BCUT2D eigenvalue weighted by Gasteiger charge is -2.31. The molecule has 21 heavy (non-hydrogen) atoms. The van der Waals surface area contributed by atoms with Crippen molar-refractivity contribution in [1.29, 1.82) is 0 Å². The summed E-state index contributed by atoms with van der Waals surface area (Å²) in [6.07, 6.45) is 6.44. The molecule has 1 heterocycles. The first-order chi connectivity index (χ1) is 10.2. The third kappa shape index (κ3) is 3.98. The maximum absolute atomic E-state index is 12.7. The minimum atomic E-state index is 0.220. The second-order valence-corrected chi connectivity index (χ2v) is 6.60. The van der Waals surface area contributed by atoms with Crippen molar-refractivity contribution >= 4 is 17.5 Å². The molecule has 2 aliphatic rings. The highest BCUT2D eigenvalue weighted by atomic mass is 35.5. The minimum Gasteiger partial charge on any atom is -0.338 e. The van der Waals surface area contributed by atoms with Crippen LogP contribution in [0.2, 0.25) is 5.02 Å². The molecule has 1 saturated heterocycles. The number of carbonyl (C=O) groups is 1. The van der Waals surface area contributed by atoms with Crippen LogP contribution >= 0.6 is 11.6 Å². The van der Waals surface area contributed by atoms with Crippen LogP contribution in [0.25, 0.3) is 0 Å². The van der Waals surface area contributed by atoms with Gasteiger partial charge in [-0.2, -0.15) is 0 Å². The Labute approximate surface area is 131 Å². The lowest BCUT2D eigenvalue weighted by Crippen LogP contribution is -2.47. The van der Waals surface area contributed by atoms with Crippen LogP contribution in [0, 0.1) is 0 Å². The highest BCUT2D eigenvalue weighted by Gasteiger charge is 2.34. The zero-order chi connectivity index (χ0) is 14.7. The van der Waals surface area contributed by atoms with Crippen molar-refractivity contribution in [2.45, 2.75) is 50.6 Å². The van der Waals surface area contributed by atoms with E-state index in [9.17, 15) is 4.79 Å². The van der Waals surface area contributed by atoms with Crippen molar-refractivity contribution < 1.29 is 4.79 Å². The molecular weight excluding hydrogens is 284 g/mol. The second-order valence-electron chi connectivity index (χ2n) is 6.19. The van der Waals surface area contributed by atoms with Gasteiger partial charge in [-0.05, 0) is 43.9 Å². The van der Waals surface area contributed by atoms with Crippen molar-refractivity contribution in [2.75, 3.05) is 13.1 Å². The largest absolute Gasteiger partial charge is 0.338 e. The van der Waals surface area contributed by atoms with Crippen molar-refractivity contribution in [3.05, 3.63) is 34.9 Å². The first-order valence-corrected chi connectivity index (χ1v) is 8.38. The summed E-state index contributed by atoms with van der Waals surface area (Å²) in [7, 11) is 0. The Kier molecular flexibility index (Phi) is 4.81. The number of halogens is 1. The topological polar surface area (TPSA) is 32.3 Å². The molecule has 0 radical (unpaired) electrons. The SMILES string of the molecule is O=C(Cc1ccccc1Cl)N(CC1CCCCN1)C1CC1. The van der Waals surface area contributed by atoms with Crippen molar-refractivity contribution in [3.63, 3.8) is 0 Å². The summed E-state index contributed by atoms with van der Waals surface area (Å²) in [5, 5.41) is 4.23. The highest BCUT2D eigenvalue weighted by Crippen LogP contribution is 2.29. The molecule has 1 amide bonds. The normalized spacial score (nSPS) is 22.0. The number of nitrogens with one attached hydrogen (secondary N) is 1. The quantitative estimate of drug-likeness (QED) is 0.907. The fraction of sp³-hybridized carbons (Fsp3) is 0.588. The number of amides is 1. The number of nitrogens with zero attached hydrogens (tertiary/aromatic N) is 1. The van der Waals surface area contributed by atoms with Crippen LogP contribution in [0.4, 0.5) is 0 Å². The van der Waals surface area contributed by atoms with Crippen molar-refractivity contribution in [1.82, 2.24) is 10.2 Å². The lowest BCUT2D eigenvalue weighted by molar-refractivity contribution is -0.131. The Morgan fingerprint density at radius 1 is 1.24 bits per heavy atom. The zero-order valence-corrected chi connectivity index (χ0v) is 13.1. The van der Waals surface area contributed by atoms with E-state index in [1.54, 1.807) is 0 Å². The molecule has 0 bridgehead atoms. The maximum atomic E-state index is 12.7. The summed E-state index contributed by atoms with van der Waals surface area (Å²) >= 11 is 6.18. The molecule has 2 fully saturated rings. The number of carbonyl (C=O) groups excluding carboxylic acids is 1. The molecule has 1 aliphatic carbocycles. The Balaban J connectivity index is 1.63. The third-order valence-corrected chi connectivity index (χ3v) is 4.81. The van der Waals surface area contributed by atoms with Gasteiger partial charge in [0, 0.05) is 23.7 Å². The lowest BCUT2D eigenvalue weighted by atomic mass is 10.0. The number of benzene rings is 1. The molecule has 3 rings (SSSR count). The standard InChI is InChI=1S/C17H23ClN2O/c18-16-7-2-1-5-13(16)11-17(21)20(15-8-9-15)12-14-6-3-4-10-19-14/h1-2,5,7,14-15,19H,3-4,6,8-12H2. The molecule has 1 atom stereocenters. The van der Waals surface area contributed by atoms with Gasteiger partial charge < -0.3 is 10.2 Å². The molecule has 1 aromatic rings. The van der Waals surface area contributed by atoms with Crippen LogP contribution < -0.4 is 5.32 Å². The van der Waals surface area contributed by atoms with Gasteiger partial charge in [-0.1, -0.05) is 36.2 Å². The van der Waals surface area contributed by atoms with E-state index in [4.69, 9.17) is 11.6 Å². The van der Waals surface area contributed by atoms with E-state index < -0.39 is 0 Å². The maximum Gasteiger partial charge on any atom is 0.227 e. The molecular formula is C17H23ClN2O. The van der Waals surface area contributed by atoms with Crippen LogP contribution in [0.3, 0.4) is 0 Å². The Hall–Kier alpha value is -1.06. The van der Waals surface area contributed by atoms with Crippen LogP contribution in [-0.4, -0.2) is 36.0 Å². The summed E-state index contributed by atoms with van der Waals surface area (Å²) in [4.78, 5) is 14.7. The first kappa shape index (κ1) is 14.9. The summed E-state index contributed by atoms with van der Waals surface area (Å²) < 4.78 is 0. The molecule has 1 unspecified atom stereocenters. The second kappa shape index (κ2) is 6.80. The number of hydrogen-bond donors (Lipinski definition) is 1. The van der Waals surface area contributed by atoms with Crippen LogP contribution in [0.1, 0.15) is 37.7 Å². The van der Waals surface area contributed by atoms with E-state index >= 15 is 0 Å². The van der Waals surface area contributed by atoms with E-state index in [1.807, 2.05) is 24.3 Å². The first-order valence-electron chi connectivity index (χ1n) is 8.00. The van der Waals surface area contributed by atoms with Crippen LogP contribution in [-0.2, 0) is 11.2 Å². The van der Waals surface area contributed by atoms with Crippen LogP contribution in [0.5, 0.6) is 0 Å². The molecule has 1 aliphatic heterocycles. The van der Waals surface area contributed by atoms with Gasteiger partial charge in [-0.25, -0.2) is 0 Å². The van der Waals surface area contributed by atoms with Gasteiger partial charge in [0.05, 0.1) is 6.42 Å². The summed E-state index contributed by atoms with van der Waals surface area (Å²) in [5.41, 5.74) is 0.937. The fourth-order valence-electron chi connectivity index (χ4n) is 3.06. The zero-order valence-electron chi connectivity index (χ0n) is 12.4. The highest BCUT2D eigenvalue weighted by molar-refractivity contribution is 6.31. The monoisotopic (exact) mass is 306 g/mol. The smallest absolute Gasteiger partial charge is 0.227 e. The predicted octanol–water partition coefficient (Wildman–Crippen LogP) is 3.02. The van der Waals surface area contributed by atoms with Gasteiger partial charge in [0.1, 0.15) is 0 Å². The number of hydrogen-bond acceptors (Lipinski definition) is 2. The van der Waals surface area contributed by atoms with Gasteiger partial charge in [0.25, 0.3) is 0 Å². The fourth-order valence-corrected chi connectivity index (χ4v) is 3.27. The molecule has 0 spiro atoms. The van der Waals surface area contributed by atoms with Gasteiger partial charge in [-0.15, -0.1) is 0 Å². The summed E-state index contributed by atoms with van der Waals surface area (Å²) in [6.45, 7) is 1.94. The minimum absolute atomic E-state index is 0.220. The molecule has 1 N–H and O–H groups in total. The molecule has 1 aromatic carbocycles. The Morgan fingerprint density at radius 3 is 2.71 bits per heavy atom. The summed E-state index contributed by atoms with van der Waals surface area (Å²) in [6, 6.07) is 8.58. The van der Waals surface area contributed by atoms with E-state index in [0.29, 0.717) is 23.5 Å². The number of rotatable bonds is 5. The average molecular weight is 307 g/mol. The molecule has 114 valence electrons. The van der Waals surface area contributed by atoms with Gasteiger partial charge in [-0.3, -0.25) is 4.79 Å².